The third kappa shape index (κ3) is 1.91. The SMILES string of the molecule is CN(C)c1cccc(B2OCCO2)c1. The molecule has 1 aromatic carbocycles. The Balaban J connectivity index is 2.21. The highest BCUT2D eigenvalue weighted by molar-refractivity contribution is 6.61. The first-order chi connectivity index (χ1) is 6.77. The molecule has 0 aromatic heterocycles. The van der Waals surface area contributed by atoms with Crippen molar-refractivity contribution in [2.75, 3.05) is 32.2 Å². The van der Waals surface area contributed by atoms with Gasteiger partial charge in [-0.25, -0.2) is 0 Å². The zero-order chi connectivity index (χ0) is 9.97. The van der Waals surface area contributed by atoms with Gasteiger partial charge >= 0.3 is 7.12 Å². The fourth-order valence-corrected chi connectivity index (χ4v) is 1.50. The molecule has 0 atom stereocenters. The lowest BCUT2D eigenvalue weighted by Crippen LogP contribution is -2.32. The summed E-state index contributed by atoms with van der Waals surface area (Å²) in [6.45, 7) is 1.38. The Bertz CT molecular complexity index is 311. The average Bonchev–Trinajstić information content (AvgIpc) is 2.71. The lowest BCUT2D eigenvalue weighted by atomic mass is 9.79. The maximum Gasteiger partial charge on any atom is 0.494 e. The quantitative estimate of drug-likeness (QED) is 0.635. The smallest absolute Gasteiger partial charge is 0.405 e. The molecule has 1 aromatic rings. The number of nitrogens with zero attached hydrogens (tertiary/aromatic N) is 1. The lowest BCUT2D eigenvalue weighted by Gasteiger charge is -2.14. The molecule has 74 valence electrons. The van der Waals surface area contributed by atoms with Crippen molar-refractivity contribution in [3.8, 4) is 0 Å². The molecule has 2 rings (SSSR count). The summed E-state index contributed by atoms with van der Waals surface area (Å²) in [4.78, 5) is 2.07. The second-order valence-electron chi connectivity index (χ2n) is 3.56. The average molecular weight is 191 g/mol. The van der Waals surface area contributed by atoms with Crippen molar-refractivity contribution >= 4 is 18.3 Å². The van der Waals surface area contributed by atoms with E-state index >= 15 is 0 Å². The molecule has 0 bridgehead atoms. The van der Waals surface area contributed by atoms with Crippen LogP contribution in [0, 0.1) is 0 Å². The summed E-state index contributed by atoms with van der Waals surface area (Å²) in [6, 6.07) is 8.22. The van der Waals surface area contributed by atoms with Crippen LogP contribution in [0.4, 0.5) is 5.69 Å². The topological polar surface area (TPSA) is 21.7 Å². The molecule has 0 amide bonds. The number of anilines is 1. The highest BCUT2D eigenvalue weighted by Gasteiger charge is 2.26. The monoisotopic (exact) mass is 191 g/mol. The van der Waals surface area contributed by atoms with Crippen LogP contribution < -0.4 is 10.4 Å². The van der Waals surface area contributed by atoms with Gasteiger partial charge in [0, 0.05) is 19.8 Å². The van der Waals surface area contributed by atoms with Gasteiger partial charge in [0.1, 0.15) is 0 Å². The molecule has 0 N–H and O–H groups in total. The highest BCUT2D eigenvalue weighted by atomic mass is 16.6. The molecule has 1 aliphatic rings. The van der Waals surface area contributed by atoms with E-state index in [4.69, 9.17) is 9.31 Å². The Morgan fingerprint density at radius 1 is 1.21 bits per heavy atom. The van der Waals surface area contributed by atoms with Crippen molar-refractivity contribution in [3.63, 3.8) is 0 Å². The van der Waals surface area contributed by atoms with Gasteiger partial charge in [-0.05, 0) is 17.6 Å². The van der Waals surface area contributed by atoms with Crippen molar-refractivity contribution in [2.45, 2.75) is 0 Å². The minimum Gasteiger partial charge on any atom is -0.405 e. The minimum absolute atomic E-state index is 0.171. The van der Waals surface area contributed by atoms with Crippen molar-refractivity contribution in [3.05, 3.63) is 24.3 Å². The summed E-state index contributed by atoms with van der Waals surface area (Å²) in [5.41, 5.74) is 2.26. The fourth-order valence-electron chi connectivity index (χ4n) is 1.50. The van der Waals surface area contributed by atoms with Gasteiger partial charge in [-0.15, -0.1) is 0 Å². The molecule has 1 fully saturated rings. The fraction of sp³-hybridized carbons (Fsp3) is 0.400. The van der Waals surface area contributed by atoms with E-state index in [0.717, 1.165) is 5.46 Å². The Kier molecular flexibility index (Phi) is 2.75. The first kappa shape index (κ1) is 9.56. The van der Waals surface area contributed by atoms with Gasteiger partial charge in [0.05, 0.1) is 13.2 Å². The van der Waals surface area contributed by atoms with Gasteiger partial charge in [0.2, 0.25) is 0 Å². The molecule has 3 nitrogen and oxygen atoms in total. The van der Waals surface area contributed by atoms with Crippen LogP contribution in [0.3, 0.4) is 0 Å². The molecule has 1 heterocycles. The van der Waals surface area contributed by atoms with Gasteiger partial charge in [-0.3, -0.25) is 0 Å². The second-order valence-corrected chi connectivity index (χ2v) is 3.56. The van der Waals surface area contributed by atoms with Crippen LogP contribution in [0.2, 0.25) is 0 Å². The Labute approximate surface area is 84.8 Å². The molecule has 14 heavy (non-hydrogen) atoms. The van der Waals surface area contributed by atoms with E-state index in [2.05, 4.69) is 17.0 Å². The van der Waals surface area contributed by atoms with Gasteiger partial charge in [-0.1, -0.05) is 12.1 Å². The van der Waals surface area contributed by atoms with Gasteiger partial charge in [0.15, 0.2) is 0 Å². The van der Waals surface area contributed by atoms with Crippen molar-refractivity contribution in [1.29, 1.82) is 0 Å². The van der Waals surface area contributed by atoms with Crippen LogP contribution in [-0.2, 0) is 9.31 Å². The highest BCUT2D eigenvalue weighted by Crippen LogP contribution is 2.09. The van der Waals surface area contributed by atoms with Gasteiger partial charge in [-0.2, -0.15) is 0 Å². The summed E-state index contributed by atoms with van der Waals surface area (Å²) < 4.78 is 10.9. The number of hydrogen-bond acceptors (Lipinski definition) is 3. The summed E-state index contributed by atoms with van der Waals surface area (Å²) in [5, 5.41) is 0. The molecular weight excluding hydrogens is 177 g/mol. The van der Waals surface area contributed by atoms with Gasteiger partial charge in [0.25, 0.3) is 0 Å². The summed E-state index contributed by atoms with van der Waals surface area (Å²) in [7, 11) is 3.88. The molecule has 0 spiro atoms. The Morgan fingerprint density at radius 2 is 1.93 bits per heavy atom. The van der Waals surface area contributed by atoms with Gasteiger partial charge < -0.3 is 14.2 Å². The Hall–Kier alpha value is -0.995. The largest absolute Gasteiger partial charge is 0.494 e. The van der Waals surface area contributed by atoms with Crippen molar-refractivity contribution in [2.24, 2.45) is 0 Å². The number of benzene rings is 1. The second kappa shape index (κ2) is 4.03. The zero-order valence-corrected chi connectivity index (χ0v) is 8.56. The van der Waals surface area contributed by atoms with E-state index in [1.54, 1.807) is 0 Å². The molecule has 0 unspecified atom stereocenters. The van der Waals surface area contributed by atoms with Crippen LogP contribution in [0.15, 0.2) is 24.3 Å². The van der Waals surface area contributed by atoms with Crippen LogP contribution >= 0.6 is 0 Å². The van der Waals surface area contributed by atoms with Crippen LogP contribution in [0.25, 0.3) is 0 Å². The molecule has 4 heteroatoms. The number of hydrogen-bond donors (Lipinski definition) is 0. The summed E-state index contributed by atoms with van der Waals surface area (Å²) >= 11 is 0. The predicted octanol–water partition coefficient (Wildman–Crippen LogP) is 0.495. The first-order valence-corrected chi connectivity index (χ1v) is 4.78. The molecular formula is C10H14BNO2. The van der Waals surface area contributed by atoms with Crippen molar-refractivity contribution < 1.29 is 9.31 Å². The van der Waals surface area contributed by atoms with Crippen molar-refractivity contribution in [1.82, 2.24) is 0 Å². The zero-order valence-electron chi connectivity index (χ0n) is 8.56. The lowest BCUT2D eigenvalue weighted by molar-refractivity contribution is 0.365. The molecule has 0 saturated carbocycles. The molecule has 0 radical (unpaired) electrons. The van der Waals surface area contributed by atoms with E-state index in [-0.39, 0.29) is 7.12 Å². The first-order valence-electron chi connectivity index (χ1n) is 4.78. The van der Waals surface area contributed by atoms with E-state index in [1.165, 1.54) is 5.69 Å². The summed E-state index contributed by atoms with van der Waals surface area (Å²) in [6.07, 6.45) is 0. The maximum absolute atomic E-state index is 5.43. The Morgan fingerprint density at radius 3 is 2.57 bits per heavy atom. The standard InChI is InChI=1S/C10H14BNO2/c1-12(2)10-5-3-4-9(8-10)11-13-6-7-14-11/h3-5,8H,6-7H2,1-2H3. The van der Waals surface area contributed by atoms with Crippen LogP contribution in [0.1, 0.15) is 0 Å². The predicted molar refractivity (Wildman–Crippen MR) is 58.1 cm³/mol. The maximum atomic E-state index is 5.43. The number of rotatable bonds is 2. The van der Waals surface area contributed by atoms with E-state index < -0.39 is 0 Å². The minimum atomic E-state index is -0.171. The summed E-state index contributed by atoms with van der Waals surface area (Å²) in [5.74, 6) is 0. The van der Waals surface area contributed by atoms with E-state index in [1.807, 2.05) is 26.2 Å². The third-order valence-corrected chi connectivity index (χ3v) is 2.28. The molecule has 1 aliphatic heterocycles. The third-order valence-electron chi connectivity index (χ3n) is 2.28. The molecule has 0 aliphatic carbocycles. The van der Waals surface area contributed by atoms with Crippen LogP contribution in [-0.4, -0.2) is 34.4 Å². The van der Waals surface area contributed by atoms with E-state index in [0.29, 0.717) is 13.2 Å². The van der Waals surface area contributed by atoms with Crippen LogP contribution in [0.5, 0.6) is 0 Å². The normalized spacial score (nSPS) is 16.0. The van der Waals surface area contributed by atoms with E-state index in [9.17, 15) is 0 Å². The molecule has 1 saturated heterocycles.